The molecule has 1 aliphatic heterocycles. The number of halogens is 5. The number of para-hydroxylation sites is 1. The van der Waals surface area contributed by atoms with Crippen molar-refractivity contribution in [3.05, 3.63) is 58.9 Å². The number of hydrogen-bond donors (Lipinski definition) is 1. The van der Waals surface area contributed by atoms with Gasteiger partial charge in [-0.05, 0) is 37.3 Å². The van der Waals surface area contributed by atoms with Crippen LogP contribution in [0.15, 0.2) is 47.5 Å². The van der Waals surface area contributed by atoms with E-state index in [2.05, 4.69) is 10.3 Å². The molecule has 2 amide bonds. The van der Waals surface area contributed by atoms with Gasteiger partial charge >= 0.3 is 6.18 Å². The molecule has 0 aliphatic carbocycles. The van der Waals surface area contributed by atoms with Crippen LogP contribution in [-0.4, -0.2) is 33.7 Å². The Morgan fingerprint density at radius 1 is 1.29 bits per heavy atom. The number of hydrogen-bond acceptors (Lipinski definition) is 4. The number of carbonyl (C=O) groups excluding carboxylic acids is 2. The highest BCUT2D eigenvalue weighted by atomic mass is 35.5. The zero-order valence-electron chi connectivity index (χ0n) is 16.0. The first-order chi connectivity index (χ1) is 14.6. The Hall–Kier alpha value is -2.59. The number of alkyl halides is 3. The minimum absolute atomic E-state index is 0.0375. The molecular weight excluding hydrogens is 458 g/mol. The van der Waals surface area contributed by atoms with E-state index >= 15 is 0 Å². The number of aliphatic imine (C=N–C) groups is 1. The molecule has 1 N–H and O–H groups in total. The van der Waals surface area contributed by atoms with Crippen molar-refractivity contribution in [1.82, 2.24) is 4.90 Å². The van der Waals surface area contributed by atoms with Gasteiger partial charge in [0.2, 0.25) is 11.8 Å². The molecule has 3 rings (SSSR count). The van der Waals surface area contributed by atoms with Crippen LogP contribution in [0, 0.1) is 5.82 Å². The molecule has 0 bridgehead atoms. The van der Waals surface area contributed by atoms with Gasteiger partial charge in [-0.15, -0.1) is 0 Å². The summed E-state index contributed by atoms with van der Waals surface area (Å²) in [5.74, 6) is -1.66. The summed E-state index contributed by atoms with van der Waals surface area (Å²) in [5, 5.41) is 1.10. The van der Waals surface area contributed by atoms with Crippen molar-refractivity contribution in [3.8, 4) is 0 Å². The lowest BCUT2D eigenvalue weighted by atomic mass is 10.2. The topological polar surface area (TPSA) is 61.8 Å². The molecule has 2 aromatic rings. The lowest BCUT2D eigenvalue weighted by molar-refractivity contribution is -0.137. The van der Waals surface area contributed by atoms with Crippen molar-refractivity contribution >= 4 is 51.7 Å². The zero-order chi connectivity index (χ0) is 22.8. The van der Waals surface area contributed by atoms with E-state index in [1.165, 1.54) is 29.2 Å². The summed E-state index contributed by atoms with van der Waals surface area (Å²) in [6, 6.07) is 8.69. The fourth-order valence-electron chi connectivity index (χ4n) is 2.84. The number of amides is 2. The number of carbonyl (C=O) groups is 2. The van der Waals surface area contributed by atoms with Gasteiger partial charge in [-0.25, -0.2) is 9.38 Å². The summed E-state index contributed by atoms with van der Waals surface area (Å²) < 4.78 is 53.2. The van der Waals surface area contributed by atoms with E-state index in [0.717, 1.165) is 23.9 Å². The lowest BCUT2D eigenvalue weighted by Gasteiger charge is -2.31. The summed E-state index contributed by atoms with van der Waals surface area (Å²) in [4.78, 5) is 30.6. The third-order valence-electron chi connectivity index (χ3n) is 4.36. The monoisotopic (exact) mass is 473 g/mol. The molecule has 11 heteroatoms. The molecule has 1 atom stereocenters. The van der Waals surface area contributed by atoms with Crippen molar-refractivity contribution in [2.75, 3.05) is 11.9 Å². The number of nitrogens with one attached hydrogen (secondary N) is 1. The van der Waals surface area contributed by atoms with E-state index in [1.807, 2.05) is 0 Å². The summed E-state index contributed by atoms with van der Waals surface area (Å²) in [7, 11) is 0. The Morgan fingerprint density at radius 2 is 2.00 bits per heavy atom. The molecule has 1 unspecified atom stereocenters. The fourth-order valence-corrected chi connectivity index (χ4v) is 4.23. The third kappa shape index (κ3) is 5.37. The minimum Gasteiger partial charge on any atom is -0.323 e. The number of thioether (sulfide) groups is 1. The van der Waals surface area contributed by atoms with Gasteiger partial charge in [0.05, 0.1) is 22.0 Å². The van der Waals surface area contributed by atoms with Crippen LogP contribution in [0.2, 0.25) is 5.02 Å². The normalized spacial score (nSPS) is 18.4. The molecule has 0 aromatic heterocycles. The van der Waals surface area contributed by atoms with Crippen LogP contribution in [0.25, 0.3) is 0 Å². The van der Waals surface area contributed by atoms with E-state index in [-0.39, 0.29) is 29.5 Å². The van der Waals surface area contributed by atoms with Crippen molar-refractivity contribution in [2.45, 2.75) is 24.8 Å². The molecule has 1 aliphatic rings. The maximum Gasteiger partial charge on any atom is 0.417 e. The number of rotatable bonds is 4. The Morgan fingerprint density at radius 3 is 2.65 bits per heavy atom. The van der Waals surface area contributed by atoms with Crippen molar-refractivity contribution in [2.24, 2.45) is 4.99 Å². The molecule has 0 spiro atoms. The predicted octanol–water partition coefficient (Wildman–Crippen LogP) is 5.48. The van der Waals surface area contributed by atoms with Gasteiger partial charge in [-0.3, -0.25) is 14.5 Å². The summed E-state index contributed by atoms with van der Waals surface area (Å²) in [5.41, 5.74) is -1.16. The molecular formula is C20H16ClF4N3O2S. The van der Waals surface area contributed by atoms with E-state index in [4.69, 9.17) is 11.6 Å². The summed E-state index contributed by atoms with van der Waals surface area (Å²) in [6.45, 7) is 1.89. The highest BCUT2D eigenvalue weighted by molar-refractivity contribution is 8.15. The fraction of sp³-hybridized carbons (Fsp3) is 0.250. The van der Waals surface area contributed by atoms with Gasteiger partial charge in [0.25, 0.3) is 0 Å². The van der Waals surface area contributed by atoms with Crippen LogP contribution in [0.5, 0.6) is 0 Å². The number of anilines is 1. The quantitative estimate of drug-likeness (QED) is 0.598. The Labute approximate surface area is 184 Å². The van der Waals surface area contributed by atoms with Crippen LogP contribution in [0.3, 0.4) is 0 Å². The number of nitrogens with zero attached hydrogens (tertiary/aromatic N) is 2. The third-order valence-corrected chi connectivity index (χ3v) is 5.88. The number of amidine groups is 1. The molecule has 164 valence electrons. The van der Waals surface area contributed by atoms with Crippen molar-refractivity contribution in [1.29, 1.82) is 0 Å². The smallest absolute Gasteiger partial charge is 0.323 e. The SMILES string of the molecule is CCN1C(=O)CC(C(=O)Nc2ccccc2F)SC1=Nc1ccc(Cl)c(C(F)(F)F)c1. The second kappa shape index (κ2) is 9.27. The summed E-state index contributed by atoms with van der Waals surface area (Å²) >= 11 is 6.56. The first-order valence-corrected chi connectivity index (χ1v) is 10.3. The van der Waals surface area contributed by atoms with Crippen molar-refractivity contribution < 1.29 is 27.2 Å². The first-order valence-electron chi connectivity index (χ1n) is 9.08. The first kappa shape index (κ1) is 23.1. The maximum absolute atomic E-state index is 13.8. The van der Waals surface area contributed by atoms with E-state index in [9.17, 15) is 27.2 Å². The van der Waals surface area contributed by atoms with E-state index < -0.39 is 39.6 Å². The molecule has 1 saturated heterocycles. The Bertz CT molecular complexity index is 1050. The standard InChI is InChI=1S/C20H16ClF4N3O2S/c1-2-28-17(29)10-16(18(30)27-15-6-4-3-5-14(15)22)31-19(28)26-11-7-8-13(21)12(9-11)20(23,24)25/h3-9,16H,2,10H2,1H3,(H,27,30). The molecule has 1 fully saturated rings. The van der Waals surface area contributed by atoms with Gasteiger partial charge in [0.1, 0.15) is 11.1 Å². The van der Waals surface area contributed by atoms with Gasteiger partial charge in [0, 0.05) is 13.0 Å². The van der Waals surface area contributed by atoms with Gasteiger partial charge < -0.3 is 5.32 Å². The molecule has 2 aromatic carbocycles. The summed E-state index contributed by atoms with van der Waals surface area (Å²) in [6.07, 6.45) is -4.83. The number of benzene rings is 2. The van der Waals surface area contributed by atoms with E-state index in [0.29, 0.717) is 0 Å². The highest BCUT2D eigenvalue weighted by Gasteiger charge is 2.36. The molecule has 0 radical (unpaired) electrons. The van der Waals surface area contributed by atoms with Crippen molar-refractivity contribution in [3.63, 3.8) is 0 Å². The highest BCUT2D eigenvalue weighted by Crippen LogP contribution is 2.38. The molecule has 0 saturated carbocycles. The van der Waals surface area contributed by atoms with Crippen LogP contribution in [0.1, 0.15) is 18.9 Å². The van der Waals surface area contributed by atoms with Crippen LogP contribution < -0.4 is 5.32 Å². The maximum atomic E-state index is 13.8. The van der Waals surface area contributed by atoms with E-state index in [1.54, 1.807) is 13.0 Å². The predicted molar refractivity (Wildman–Crippen MR) is 112 cm³/mol. The second-order valence-corrected chi connectivity index (χ2v) is 8.05. The molecule has 5 nitrogen and oxygen atoms in total. The Kier molecular flexibility index (Phi) is 6.90. The van der Waals surface area contributed by atoms with Gasteiger partial charge in [-0.1, -0.05) is 35.5 Å². The van der Waals surface area contributed by atoms with Crippen LogP contribution in [-0.2, 0) is 15.8 Å². The second-order valence-electron chi connectivity index (χ2n) is 6.47. The zero-order valence-corrected chi connectivity index (χ0v) is 17.6. The molecule has 1 heterocycles. The Balaban J connectivity index is 1.89. The van der Waals surface area contributed by atoms with Crippen LogP contribution in [0.4, 0.5) is 28.9 Å². The average molecular weight is 474 g/mol. The molecule has 31 heavy (non-hydrogen) atoms. The largest absolute Gasteiger partial charge is 0.417 e. The average Bonchev–Trinajstić information content (AvgIpc) is 2.70. The lowest BCUT2D eigenvalue weighted by Crippen LogP contribution is -2.45. The van der Waals surface area contributed by atoms with Gasteiger partial charge in [0.15, 0.2) is 5.17 Å². The van der Waals surface area contributed by atoms with Crippen LogP contribution >= 0.6 is 23.4 Å². The van der Waals surface area contributed by atoms with Gasteiger partial charge in [-0.2, -0.15) is 13.2 Å². The minimum atomic E-state index is -4.67.